The van der Waals surface area contributed by atoms with Crippen LogP contribution in [-0.2, 0) is 10.9 Å². The Morgan fingerprint density at radius 3 is 2.71 bits per heavy atom. The number of hydrogen-bond donors (Lipinski definition) is 2. The van der Waals surface area contributed by atoms with Gasteiger partial charge in [0.05, 0.1) is 28.0 Å². The van der Waals surface area contributed by atoms with Crippen LogP contribution in [0, 0.1) is 3.57 Å². The minimum Gasteiger partial charge on any atom is -0.488 e. The number of nitrogen functional groups attached to an aromatic ring is 1. The molecule has 7 nitrogen and oxygen atoms in total. The van der Waals surface area contributed by atoms with E-state index in [4.69, 9.17) is 15.2 Å². The molecule has 2 aliphatic heterocycles. The van der Waals surface area contributed by atoms with Crippen molar-refractivity contribution >= 4 is 34.2 Å². The third kappa shape index (κ3) is 5.14. The normalized spacial score (nSPS) is 20.0. The lowest BCUT2D eigenvalue weighted by Crippen LogP contribution is -2.38. The lowest BCUT2D eigenvalue weighted by molar-refractivity contribution is -0.137. The quantitative estimate of drug-likeness (QED) is 0.567. The number of morpholine rings is 1. The molecule has 0 amide bonds. The summed E-state index contributed by atoms with van der Waals surface area (Å²) >= 11 is 2.16. The molecule has 3 N–H and O–H groups in total. The molecule has 2 fully saturated rings. The maximum absolute atomic E-state index is 13.7. The van der Waals surface area contributed by atoms with Crippen LogP contribution < -0.4 is 20.7 Å². The maximum Gasteiger partial charge on any atom is 0.417 e. The van der Waals surface area contributed by atoms with E-state index in [1.54, 1.807) is 6.07 Å². The predicted molar refractivity (Wildman–Crippen MR) is 119 cm³/mol. The van der Waals surface area contributed by atoms with Crippen LogP contribution in [0.25, 0.3) is 11.3 Å². The van der Waals surface area contributed by atoms with Crippen molar-refractivity contribution in [3.8, 4) is 17.0 Å². The molecule has 4 heterocycles. The number of nitrogens with two attached hydrogens (primary N) is 1. The van der Waals surface area contributed by atoms with Crippen LogP contribution >= 0.6 is 22.6 Å². The molecular formula is C20H23F3IN5O2. The SMILES string of the molecule is Nc1cc(C(F)(F)F)c(-c2cc(OC3CCCNC3)c(I)c(N3CCOCC3)n2)cn1. The Kier molecular flexibility index (Phi) is 6.72. The summed E-state index contributed by atoms with van der Waals surface area (Å²) in [5, 5.41) is 3.29. The average molecular weight is 549 g/mol. The van der Waals surface area contributed by atoms with Gasteiger partial charge in [-0.15, -0.1) is 0 Å². The van der Waals surface area contributed by atoms with Gasteiger partial charge in [-0.2, -0.15) is 13.2 Å². The smallest absolute Gasteiger partial charge is 0.417 e. The highest BCUT2D eigenvalue weighted by atomic mass is 127. The third-order valence-corrected chi connectivity index (χ3v) is 6.28. The largest absolute Gasteiger partial charge is 0.488 e. The Balaban J connectivity index is 1.81. The van der Waals surface area contributed by atoms with E-state index >= 15 is 0 Å². The third-order valence-electron chi connectivity index (χ3n) is 5.27. The monoisotopic (exact) mass is 549 g/mol. The molecule has 11 heteroatoms. The summed E-state index contributed by atoms with van der Waals surface area (Å²) in [4.78, 5) is 10.5. The number of alkyl halides is 3. The van der Waals surface area contributed by atoms with Gasteiger partial charge in [-0.1, -0.05) is 0 Å². The zero-order valence-corrected chi connectivity index (χ0v) is 18.9. The minimum absolute atomic E-state index is 0.0540. The Labute approximate surface area is 191 Å². The van der Waals surface area contributed by atoms with Crippen molar-refractivity contribution < 1.29 is 22.6 Å². The van der Waals surface area contributed by atoms with E-state index in [-0.39, 0.29) is 23.2 Å². The number of hydrogen-bond acceptors (Lipinski definition) is 7. The molecule has 2 aliphatic rings. The van der Waals surface area contributed by atoms with E-state index in [2.05, 4.69) is 37.9 Å². The zero-order valence-electron chi connectivity index (χ0n) is 16.7. The lowest BCUT2D eigenvalue weighted by Gasteiger charge is -2.31. The van der Waals surface area contributed by atoms with E-state index in [0.717, 1.165) is 35.2 Å². The van der Waals surface area contributed by atoms with Crippen LogP contribution in [0.3, 0.4) is 0 Å². The van der Waals surface area contributed by atoms with Crippen LogP contribution in [0.5, 0.6) is 5.75 Å². The molecule has 2 aromatic heterocycles. The molecule has 4 rings (SSSR count). The molecule has 1 atom stereocenters. The number of aromatic nitrogens is 2. The van der Waals surface area contributed by atoms with Gasteiger partial charge in [-0.05, 0) is 48.0 Å². The molecular weight excluding hydrogens is 526 g/mol. The molecule has 0 aliphatic carbocycles. The maximum atomic E-state index is 13.7. The summed E-state index contributed by atoms with van der Waals surface area (Å²) in [5.74, 6) is 0.913. The number of piperidine rings is 1. The highest BCUT2D eigenvalue weighted by molar-refractivity contribution is 14.1. The van der Waals surface area contributed by atoms with Crippen molar-refractivity contribution in [3.05, 3.63) is 27.5 Å². The van der Waals surface area contributed by atoms with Gasteiger partial charge in [0.2, 0.25) is 0 Å². The Hall–Kier alpha value is -1.86. The van der Waals surface area contributed by atoms with Crippen LogP contribution in [0.4, 0.5) is 24.8 Å². The first kappa shape index (κ1) is 22.3. The van der Waals surface area contributed by atoms with Gasteiger partial charge in [-0.25, -0.2) is 9.97 Å². The van der Waals surface area contributed by atoms with Crippen LogP contribution in [0.15, 0.2) is 18.3 Å². The number of rotatable bonds is 4. The summed E-state index contributed by atoms with van der Waals surface area (Å²) < 4.78 is 53.7. The molecule has 0 saturated carbocycles. The predicted octanol–water partition coefficient (Wildman–Crippen LogP) is 3.32. The Bertz CT molecular complexity index is 932. The molecule has 2 saturated heterocycles. The van der Waals surface area contributed by atoms with Crippen molar-refractivity contribution in [2.75, 3.05) is 50.0 Å². The van der Waals surface area contributed by atoms with E-state index in [1.165, 1.54) is 0 Å². The van der Waals surface area contributed by atoms with Gasteiger partial charge in [0.1, 0.15) is 23.5 Å². The van der Waals surface area contributed by atoms with E-state index in [0.29, 0.717) is 44.4 Å². The molecule has 1 unspecified atom stereocenters. The molecule has 168 valence electrons. The van der Waals surface area contributed by atoms with Crippen molar-refractivity contribution in [1.29, 1.82) is 0 Å². The second-order valence-corrected chi connectivity index (χ2v) is 8.56. The number of pyridine rings is 2. The first-order valence-electron chi connectivity index (χ1n) is 10.1. The molecule has 0 radical (unpaired) electrons. The number of halogens is 4. The summed E-state index contributed by atoms with van der Waals surface area (Å²) in [6.45, 7) is 3.89. The molecule has 2 aromatic rings. The summed E-state index contributed by atoms with van der Waals surface area (Å²) in [5.41, 5.74) is 4.70. The standard InChI is InChI=1S/C20H23F3IN5O2/c21-20(22,23)14-8-17(25)27-11-13(14)15-9-16(31-12-2-1-3-26-10-12)18(24)19(28-15)29-4-6-30-7-5-29/h8-9,11-12,26H,1-7,10H2,(H2,25,27). The van der Waals surface area contributed by atoms with Gasteiger partial charge in [0, 0.05) is 37.5 Å². The van der Waals surface area contributed by atoms with E-state index in [9.17, 15) is 13.2 Å². The lowest BCUT2D eigenvalue weighted by atomic mass is 10.1. The fourth-order valence-corrected chi connectivity index (χ4v) is 4.46. The van der Waals surface area contributed by atoms with Crippen molar-refractivity contribution in [2.24, 2.45) is 0 Å². The average Bonchev–Trinajstić information content (AvgIpc) is 2.76. The van der Waals surface area contributed by atoms with Gasteiger partial charge in [0.25, 0.3) is 0 Å². The van der Waals surface area contributed by atoms with Gasteiger partial charge < -0.3 is 25.4 Å². The topological polar surface area (TPSA) is 85.5 Å². The second-order valence-electron chi connectivity index (χ2n) is 7.48. The van der Waals surface area contributed by atoms with E-state index < -0.39 is 11.7 Å². The van der Waals surface area contributed by atoms with Crippen molar-refractivity contribution in [1.82, 2.24) is 15.3 Å². The van der Waals surface area contributed by atoms with Crippen LogP contribution in [0.2, 0.25) is 0 Å². The summed E-state index contributed by atoms with van der Waals surface area (Å²) in [7, 11) is 0. The van der Waals surface area contributed by atoms with Crippen molar-refractivity contribution in [2.45, 2.75) is 25.1 Å². The zero-order chi connectivity index (χ0) is 22.0. The van der Waals surface area contributed by atoms with Gasteiger partial charge >= 0.3 is 6.18 Å². The Morgan fingerprint density at radius 1 is 1.26 bits per heavy atom. The number of nitrogens with one attached hydrogen (secondary N) is 1. The molecule has 0 aromatic carbocycles. The summed E-state index contributed by atoms with van der Waals surface area (Å²) in [6, 6.07) is 2.41. The second kappa shape index (κ2) is 9.33. The highest BCUT2D eigenvalue weighted by Gasteiger charge is 2.35. The van der Waals surface area contributed by atoms with Crippen LogP contribution in [0.1, 0.15) is 18.4 Å². The molecule has 0 bridgehead atoms. The molecule has 31 heavy (non-hydrogen) atoms. The van der Waals surface area contributed by atoms with Crippen molar-refractivity contribution in [3.63, 3.8) is 0 Å². The molecule has 0 spiro atoms. The Morgan fingerprint density at radius 2 is 2.03 bits per heavy atom. The minimum atomic E-state index is -4.59. The fourth-order valence-electron chi connectivity index (χ4n) is 3.71. The van der Waals surface area contributed by atoms with Crippen LogP contribution in [-0.4, -0.2) is 55.5 Å². The fraction of sp³-hybridized carbons (Fsp3) is 0.500. The number of nitrogens with zero attached hydrogens (tertiary/aromatic N) is 3. The first-order chi connectivity index (χ1) is 14.8. The highest BCUT2D eigenvalue weighted by Crippen LogP contribution is 2.40. The first-order valence-corrected chi connectivity index (χ1v) is 11.1. The van der Waals surface area contributed by atoms with Gasteiger partial charge in [-0.3, -0.25) is 0 Å². The number of ether oxygens (including phenoxy) is 2. The number of anilines is 2. The van der Waals surface area contributed by atoms with E-state index in [1.807, 2.05) is 4.90 Å². The van der Waals surface area contributed by atoms with Gasteiger partial charge in [0.15, 0.2) is 0 Å². The summed E-state index contributed by atoms with van der Waals surface area (Å²) in [6.07, 6.45) is -1.66.